The topological polar surface area (TPSA) is 67.6 Å². The zero-order valence-electron chi connectivity index (χ0n) is 16.1. The van der Waals surface area contributed by atoms with Crippen LogP contribution in [-0.2, 0) is 16.1 Å². The van der Waals surface area contributed by atoms with Crippen LogP contribution in [0.3, 0.4) is 0 Å². The number of piperidine rings is 1. The van der Waals surface area contributed by atoms with Gasteiger partial charge in [0.1, 0.15) is 6.61 Å². The molecule has 0 saturated carbocycles. The van der Waals surface area contributed by atoms with Crippen LogP contribution in [0.2, 0.25) is 4.34 Å². The van der Waals surface area contributed by atoms with E-state index in [9.17, 15) is 4.79 Å². The molecule has 4 rings (SSSR count). The summed E-state index contributed by atoms with van der Waals surface area (Å²) in [6.45, 7) is 3.83. The first kappa shape index (κ1) is 20.3. The minimum Gasteiger partial charge on any atom is -0.480 e. The van der Waals surface area contributed by atoms with Gasteiger partial charge in [0.25, 0.3) is 0 Å². The Bertz CT molecular complexity index is 979. The third kappa shape index (κ3) is 4.98. The number of likely N-dealkylation sites (tertiary alicyclic amines) is 1. The molecule has 1 N–H and O–H groups in total. The molecule has 6 nitrogen and oxygen atoms in total. The highest BCUT2D eigenvalue weighted by Gasteiger charge is 2.24. The molecule has 0 aromatic carbocycles. The molecular weight excluding hydrogens is 410 g/mol. The van der Waals surface area contributed by atoms with E-state index in [0.717, 1.165) is 48.9 Å². The number of hydrogen-bond acceptors (Lipinski definition) is 5. The van der Waals surface area contributed by atoms with Crippen LogP contribution in [0.5, 0.6) is 0 Å². The van der Waals surface area contributed by atoms with Gasteiger partial charge in [-0.1, -0.05) is 11.6 Å². The number of hydrogen-bond donors (Lipinski definition) is 1. The summed E-state index contributed by atoms with van der Waals surface area (Å²) in [5.74, 6) is -0.399. The molecule has 3 aromatic rings. The van der Waals surface area contributed by atoms with Crippen LogP contribution in [0.1, 0.15) is 29.2 Å². The summed E-state index contributed by atoms with van der Waals surface area (Å²) in [6, 6.07) is 6.15. The monoisotopic (exact) mass is 433 g/mol. The van der Waals surface area contributed by atoms with Crippen molar-refractivity contribution in [2.24, 2.45) is 0 Å². The number of halogens is 1. The zero-order valence-corrected chi connectivity index (χ0v) is 17.7. The van der Waals surface area contributed by atoms with Crippen LogP contribution in [0.15, 0.2) is 36.8 Å². The molecule has 0 amide bonds. The molecule has 154 valence electrons. The van der Waals surface area contributed by atoms with Crippen LogP contribution in [-0.4, -0.2) is 58.4 Å². The van der Waals surface area contributed by atoms with Gasteiger partial charge in [-0.3, -0.25) is 4.98 Å². The highest BCUT2D eigenvalue weighted by molar-refractivity contribution is 7.16. The summed E-state index contributed by atoms with van der Waals surface area (Å²) in [5, 5.41) is 9.93. The van der Waals surface area contributed by atoms with E-state index in [4.69, 9.17) is 21.4 Å². The van der Waals surface area contributed by atoms with E-state index in [1.807, 2.05) is 18.5 Å². The van der Waals surface area contributed by atoms with Gasteiger partial charge in [-0.2, -0.15) is 0 Å². The van der Waals surface area contributed by atoms with Crippen LogP contribution in [0.25, 0.3) is 10.9 Å². The van der Waals surface area contributed by atoms with E-state index < -0.39 is 5.97 Å². The van der Waals surface area contributed by atoms with E-state index in [0.29, 0.717) is 12.5 Å². The Hall–Kier alpha value is -1.93. The number of pyridine rings is 1. The van der Waals surface area contributed by atoms with E-state index >= 15 is 0 Å². The molecule has 0 aliphatic carbocycles. The Kier molecular flexibility index (Phi) is 6.50. The number of ether oxygens (including phenoxy) is 1. The van der Waals surface area contributed by atoms with E-state index in [2.05, 4.69) is 32.8 Å². The second kappa shape index (κ2) is 9.26. The molecule has 1 aliphatic rings. The van der Waals surface area contributed by atoms with Gasteiger partial charge < -0.3 is 19.3 Å². The van der Waals surface area contributed by atoms with E-state index in [1.54, 1.807) is 11.3 Å². The molecule has 8 heteroatoms. The first-order valence-electron chi connectivity index (χ1n) is 9.79. The summed E-state index contributed by atoms with van der Waals surface area (Å²) in [6.07, 6.45) is 8.28. The fourth-order valence-electron chi connectivity index (χ4n) is 4.05. The van der Waals surface area contributed by atoms with Crippen molar-refractivity contribution in [3.05, 3.63) is 51.6 Å². The first-order chi connectivity index (χ1) is 14.1. The molecule has 1 aliphatic heterocycles. The van der Waals surface area contributed by atoms with Crippen molar-refractivity contribution in [2.75, 3.05) is 32.8 Å². The summed E-state index contributed by atoms with van der Waals surface area (Å²) in [4.78, 5) is 18.5. The molecule has 0 unspecified atom stereocenters. The highest BCUT2D eigenvalue weighted by Crippen LogP contribution is 2.35. The van der Waals surface area contributed by atoms with Crippen molar-refractivity contribution < 1.29 is 14.6 Å². The molecule has 1 saturated heterocycles. The molecule has 3 aromatic heterocycles. The molecule has 0 spiro atoms. The molecule has 29 heavy (non-hydrogen) atoms. The van der Waals surface area contributed by atoms with Crippen molar-refractivity contribution >= 4 is 39.8 Å². The molecule has 0 radical (unpaired) electrons. The normalized spacial score (nSPS) is 15.9. The Balaban J connectivity index is 1.42. The Morgan fingerprint density at radius 1 is 1.31 bits per heavy atom. The quantitative estimate of drug-likeness (QED) is 0.542. The molecule has 0 bridgehead atoms. The maximum Gasteiger partial charge on any atom is 0.329 e. The minimum absolute atomic E-state index is 0.223. The smallest absolute Gasteiger partial charge is 0.329 e. The van der Waals surface area contributed by atoms with Gasteiger partial charge in [0.05, 0.1) is 29.2 Å². The standard InChI is InChI=1S/C21H24ClN3O3S/c22-20-2-1-16(29-20)12-25-13-18(17-3-6-23-11-19(17)25)15-4-7-24(8-5-15)9-10-28-14-21(26)27/h1-3,6,11,13,15H,4-5,7-10,12,14H2,(H,26,27). The average Bonchev–Trinajstić information content (AvgIpc) is 3.30. The number of carbonyl (C=O) groups is 1. The number of fused-ring (bicyclic) bond motifs is 1. The molecular formula is C21H24ClN3O3S. The van der Waals surface area contributed by atoms with Crippen LogP contribution in [0, 0.1) is 0 Å². The fraction of sp³-hybridized carbons (Fsp3) is 0.429. The lowest BCUT2D eigenvalue weighted by molar-refractivity contribution is -0.142. The Labute approximate surface area is 178 Å². The van der Waals surface area contributed by atoms with Crippen molar-refractivity contribution in [3.8, 4) is 0 Å². The predicted octanol–water partition coefficient (Wildman–Crippen LogP) is 4.08. The number of aliphatic carboxylic acids is 1. The zero-order chi connectivity index (χ0) is 20.2. The van der Waals surface area contributed by atoms with Crippen molar-refractivity contribution in [1.82, 2.24) is 14.5 Å². The number of carboxylic acid groups (broad SMARTS) is 1. The lowest BCUT2D eigenvalue weighted by Gasteiger charge is -2.31. The summed E-state index contributed by atoms with van der Waals surface area (Å²) in [7, 11) is 0. The SMILES string of the molecule is O=C(O)COCCN1CCC(c2cn(Cc3ccc(Cl)s3)c3cnccc23)CC1. The maximum absolute atomic E-state index is 10.5. The Morgan fingerprint density at radius 2 is 2.14 bits per heavy atom. The fourth-order valence-corrected chi connectivity index (χ4v) is 5.13. The van der Waals surface area contributed by atoms with Crippen molar-refractivity contribution in [1.29, 1.82) is 0 Å². The second-order valence-electron chi connectivity index (χ2n) is 7.37. The lowest BCUT2D eigenvalue weighted by Crippen LogP contribution is -2.35. The van der Waals surface area contributed by atoms with Crippen LogP contribution in [0.4, 0.5) is 0 Å². The summed E-state index contributed by atoms with van der Waals surface area (Å²) < 4.78 is 8.27. The third-order valence-corrected chi connectivity index (χ3v) is 6.69. The number of carboxylic acids is 1. The molecule has 1 fully saturated rings. The predicted molar refractivity (Wildman–Crippen MR) is 115 cm³/mol. The average molecular weight is 434 g/mol. The van der Waals surface area contributed by atoms with Gasteiger partial charge in [-0.15, -0.1) is 11.3 Å². The third-order valence-electron chi connectivity index (χ3n) is 5.48. The van der Waals surface area contributed by atoms with Crippen molar-refractivity contribution in [3.63, 3.8) is 0 Å². The minimum atomic E-state index is -0.917. The van der Waals surface area contributed by atoms with Crippen LogP contribution < -0.4 is 0 Å². The van der Waals surface area contributed by atoms with Gasteiger partial charge in [0.2, 0.25) is 0 Å². The summed E-state index contributed by atoms with van der Waals surface area (Å²) in [5.41, 5.74) is 2.56. The van der Waals surface area contributed by atoms with E-state index in [-0.39, 0.29) is 6.61 Å². The van der Waals surface area contributed by atoms with Gasteiger partial charge in [0, 0.05) is 29.2 Å². The van der Waals surface area contributed by atoms with Crippen molar-refractivity contribution in [2.45, 2.75) is 25.3 Å². The number of thiophene rings is 1. The van der Waals surface area contributed by atoms with Crippen LogP contribution >= 0.6 is 22.9 Å². The largest absolute Gasteiger partial charge is 0.480 e. The first-order valence-corrected chi connectivity index (χ1v) is 11.0. The Morgan fingerprint density at radius 3 is 2.86 bits per heavy atom. The van der Waals surface area contributed by atoms with Gasteiger partial charge >= 0.3 is 5.97 Å². The number of rotatable bonds is 8. The number of nitrogens with zero attached hydrogens (tertiary/aromatic N) is 3. The maximum atomic E-state index is 10.5. The van der Waals surface area contributed by atoms with Gasteiger partial charge in [0.15, 0.2) is 0 Å². The van der Waals surface area contributed by atoms with Gasteiger partial charge in [-0.05, 0) is 55.6 Å². The van der Waals surface area contributed by atoms with Gasteiger partial charge in [-0.25, -0.2) is 4.79 Å². The highest BCUT2D eigenvalue weighted by atomic mass is 35.5. The van der Waals surface area contributed by atoms with E-state index in [1.165, 1.54) is 15.8 Å². The summed E-state index contributed by atoms with van der Waals surface area (Å²) >= 11 is 7.72. The lowest BCUT2D eigenvalue weighted by atomic mass is 9.89. The molecule has 4 heterocycles. The molecule has 0 atom stereocenters. The number of aromatic nitrogens is 2. The second-order valence-corrected chi connectivity index (χ2v) is 9.17.